The van der Waals surface area contributed by atoms with Gasteiger partial charge < -0.3 is 4.98 Å². The number of imidazole rings is 1. The lowest BCUT2D eigenvalue weighted by Crippen LogP contribution is -2.09. The van der Waals surface area contributed by atoms with E-state index in [-0.39, 0.29) is 11.0 Å². The van der Waals surface area contributed by atoms with Gasteiger partial charge >= 0.3 is 6.18 Å². The highest BCUT2D eigenvalue weighted by Gasteiger charge is 2.35. The van der Waals surface area contributed by atoms with Gasteiger partial charge in [-0.05, 0) is 19.9 Å². The van der Waals surface area contributed by atoms with Gasteiger partial charge in [0, 0.05) is 0 Å². The van der Waals surface area contributed by atoms with Crippen LogP contribution in [0.25, 0.3) is 11.0 Å². The first-order chi connectivity index (χ1) is 7.68. The average molecular weight is 264 g/mol. The summed E-state index contributed by atoms with van der Waals surface area (Å²) in [6.45, 7) is 3.42. The second-order valence-electron chi connectivity index (χ2n) is 4.14. The molecule has 2 aromatic heterocycles. The first-order valence-electron chi connectivity index (χ1n) is 4.80. The summed E-state index contributed by atoms with van der Waals surface area (Å²) in [5.41, 5.74) is 0.932. The van der Waals surface area contributed by atoms with Gasteiger partial charge in [-0.1, -0.05) is 0 Å². The molecule has 0 aliphatic heterocycles. The fraction of sp³-hybridized carbons (Fsp3) is 0.400. The smallest absolute Gasteiger partial charge is 0.334 e. The lowest BCUT2D eigenvalue weighted by molar-refractivity contribution is -0.144. The molecule has 2 rings (SSSR count). The van der Waals surface area contributed by atoms with Crippen molar-refractivity contribution in [2.45, 2.75) is 24.9 Å². The fourth-order valence-corrected chi connectivity index (χ4v) is 1.48. The molecule has 0 fully saturated rings. The van der Waals surface area contributed by atoms with E-state index in [4.69, 9.17) is 11.6 Å². The van der Waals surface area contributed by atoms with Crippen molar-refractivity contribution in [1.82, 2.24) is 15.0 Å². The largest absolute Gasteiger partial charge is 0.449 e. The molecule has 1 N–H and O–H groups in total. The molecule has 0 spiro atoms. The SMILES string of the molecule is CC(C)(Cl)c1cc2[nH]c(C(F)(F)F)nc2cn1. The molecule has 7 heteroatoms. The Morgan fingerprint density at radius 2 is 1.94 bits per heavy atom. The Bertz CT molecular complexity index is 542. The summed E-state index contributed by atoms with van der Waals surface area (Å²) >= 11 is 6.04. The van der Waals surface area contributed by atoms with Crippen LogP contribution in [-0.2, 0) is 11.1 Å². The zero-order chi connectivity index (χ0) is 12.8. The molecule has 92 valence electrons. The summed E-state index contributed by atoms with van der Waals surface area (Å²) in [6, 6.07) is 1.48. The van der Waals surface area contributed by atoms with E-state index in [1.165, 1.54) is 12.3 Å². The number of fused-ring (bicyclic) bond motifs is 1. The van der Waals surface area contributed by atoms with Crippen molar-refractivity contribution in [2.75, 3.05) is 0 Å². The number of alkyl halides is 4. The van der Waals surface area contributed by atoms with Crippen LogP contribution in [0.5, 0.6) is 0 Å². The minimum atomic E-state index is -4.49. The van der Waals surface area contributed by atoms with Crippen molar-refractivity contribution < 1.29 is 13.2 Å². The second-order valence-corrected chi connectivity index (χ2v) is 5.09. The highest BCUT2D eigenvalue weighted by Crippen LogP contribution is 2.31. The standard InChI is InChI=1S/C10H9ClF3N3/c1-9(2,11)7-3-5-6(4-15-7)17-8(16-5)10(12,13)14/h3-4H,1-2H3,(H,16,17). The first-order valence-corrected chi connectivity index (χ1v) is 5.18. The minimum Gasteiger partial charge on any atom is -0.334 e. The molecule has 0 saturated heterocycles. The fourth-order valence-electron chi connectivity index (χ4n) is 1.37. The highest BCUT2D eigenvalue weighted by atomic mass is 35.5. The number of hydrogen-bond donors (Lipinski definition) is 1. The lowest BCUT2D eigenvalue weighted by Gasteiger charge is -2.14. The molecule has 0 unspecified atom stereocenters. The summed E-state index contributed by atoms with van der Waals surface area (Å²) in [7, 11) is 0. The monoisotopic (exact) mass is 263 g/mol. The van der Waals surface area contributed by atoms with Crippen molar-refractivity contribution in [3.05, 3.63) is 23.8 Å². The maximum Gasteiger partial charge on any atom is 0.449 e. The van der Waals surface area contributed by atoms with E-state index in [0.717, 1.165) is 0 Å². The van der Waals surface area contributed by atoms with Gasteiger partial charge in [-0.3, -0.25) is 4.98 Å². The van der Waals surface area contributed by atoms with Crippen LogP contribution in [0.15, 0.2) is 12.3 Å². The van der Waals surface area contributed by atoms with Gasteiger partial charge in [0.15, 0.2) is 0 Å². The number of halogens is 4. The van der Waals surface area contributed by atoms with Gasteiger partial charge in [0.25, 0.3) is 0 Å². The molecular formula is C10H9ClF3N3. The zero-order valence-corrected chi connectivity index (χ0v) is 9.82. The summed E-state index contributed by atoms with van der Waals surface area (Å²) in [5.74, 6) is -1.03. The second kappa shape index (κ2) is 3.60. The molecule has 0 saturated carbocycles. The van der Waals surface area contributed by atoms with E-state index in [9.17, 15) is 13.2 Å². The van der Waals surface area contributed by atoms with Crippen LogP contribution in [0.1, 0.15) is 25.4 Å². The molecule has 0 aliphatic rings. The average Bonchev–Trinajstić information content (AvgIpc) is 2.57. The maximum atomic E-state index is 12.4. The molecule has 0 aliphatic carbocycles. The summed E-state index contributed by atoms with van der Waals surface area (Å²) in [5, 5.41) is 0. The van der Waals surface area contributed by atoms with Crippen molar-refractivity contribution in [2.24, 2.45) is 0 Å². The van der Waals surface area contributed by atoms with Crippen molar-refractivity contribution in [3.63, 3.8) is 0 Å². The van der Waals surface area contributed by atoms with Crippen LogP contribution >= 0.6 is 11.6 Å². The molecular weight excluding hydrogens is 255 g/mol. The normalized spacial score (nSPS) is 13.3. The number of rotatable bonds is 1. The van der Waals surface area contributed by atoms with E-state index in [0.29, 0.717) is 5.69 Å². The van der Waals surface area contributed by atoms with Gasteiger partial charge in [-0.15, -0.1) is 11.6 Å². The number of hydrogen-bond acceptors (Lipinski definition) is 2. The van der Waals surface area contributed by atoms with Gasteiger partial charge in [-0.25, -0.2) is 4.98 Å². The molecule has 0 atom stereocenters. The number of nitrogens with zero attached hydrogens (tertiary/aromatic N) is 2. The van der Waals surface area contributed by atoms with Gasteiger partial charge in [0.2, 0.25) is 5.82 Å². The van der Waals surface area contributed by atoms with Crippen LogP contribution in [-0.4, -0.2) is 15.0 Å². The molecule has 0 bridgehead atoms. The Morgan fingerprint density at radius 3 is 2.47 bits per heavy atom. The third-order valence-electron chi connectivity index (χ3n) is 2.25. The highest BCUT2D eigenvalue weighted by molar-refractivity contribution is 6.23. The van der Waals surface area contributed by atoms with E-state index >= 15 is 0 Å². The molecule has 0 amide bonds. The van der Waals surface area contributed by atoms with E-state index in [2.05, 4.69) is 15.0 Å². The van der Waals surface area contributed by atoms with Crippen molar-refractivity contribution >= 4 is 22.6 Å². The van der Waals surface area contributed by atoms with E-state index < -0.39 is 16.9 Å². The third kappa shape index (κ3) is 2.36. The molecule has 2 heterocycles. The number of aromatic nitrogens is 3. The van der Waals surface area contributed by atoms with Gasteiger partial charge in [0.05, 0.1) is 22.3 Å². The minimum absolute atomic E-state index is 0.169. The van der Waals surface area contributed by atoms with Crippen LogP contribution in [0, 0.1) is 0 Å². The summed E-state index contributed by atoms with van der Waals surface area (Å²) in [4.78, 5) is 8.89. The molecule has 3 nitrogen and oxygen atoms in total. The third-order valence-corrected chi connectivity index (χ3v) is 2.44. The van der Waals surface area contributed by atoms with Crippen molar-refractivity contribution in [1.29, 1.82) is 0 Å². The van der Waals surface area contributed by atoms with Gasteiger partial charge in [0.1, 0.15) is 5.52 Å². The van der Waals surface area contributed by atoms with E-state index in [1.54, 1.807) is 13.8 Å². The maximum absolute atomic E-state index is 12.4. The predicted octanol–water partition coefficient (Wildman–Crippen LogP) is 3.45. The quantitative estimate of drug-likeness (QED) is 0.801. The Labute approximate surface area is 100 Å². The van der Waals surface area contributed by atoms with Crippen LogP contribution in [0.2, 0.25) is 0 Å². The van der Waals surface area contributed by atoms with Crippen molar-refractivity contribution in [3.8, 4) is 0 Å². The lowest BCUT2D eigenvalue weighted by atomic mass is 10.1. The molecule has 0 radical (unpaired) electrons. The summed E-state index contributed by atoms with van der Waals surface area (Å²) in [6.07, 6.45) is -3.21. The van der Waals surface area contributed by atoms with Crippen LogP contribution in [0.4, 0.5) is 13.2 Å². The zero-order valence-electron chi connectivity index (χ0n) is 9.06. The predicted molar refractivity (Wildman–Crippen MR) is 57.8 cm³/mol. The van der Waals surface area contributed by atoms with Crippen LogP contribution < -0.4 is 0 Å². The van der Waals surface area contributed by atoms with E-state index in [1.807, 2.05) is 0 Å². The number of nitrogens with one attached hydrogen (secondary N) is 1. The Balaban J connectivity index is 2.56. The number of H-pyrrole nitrogens is 1. The van der Waals surface area contributed by atoms with Crippen LogP contribution in [0.3, 0.4) is 0 Å². The Morgan fingerprint density at radius 1 is 1.29 bits per heavy atom. The molecule has 0 aromatic carbocycles. The number of pyridine rings is 1. The number of aromatic amines is 1. The Kier molecular flexibility index (Phi) is 2.57. The topological polar surface area (TPSA) is 41.6 Å². The van der Waals surface area contributed by atoms with Gasteiger partial charge in [-0.2, -0.15) is 13.2 Å². The summed E-state index contributed by atoms with van der Waals surface area (Å²) < 4.78 is 37.3. The molecule has 2 aromatic rings. The molecule has 17 heavy (non-hydrogen) atoms. The first kappa shape index (κ1) is 12.2. The Hall–Kier alpha value is -1.30.